The average molecular weight is 235 g/mol. The molecule has 0 unspecified atom stereocenters. The largest absolute Gasteiger partial charge is 0.249 e. The molecule has 0 saturated carbocycles. The summed E-state index contributed by atoms with van der Waals surface area (Å²) in [5.74, 6) is 0. The van der Waals surface area contributed by atoms with Gasteiger partial charge in [0, 0.05) is 6.54 Å². The van der Waals surface area contributed by atoms with Gasteiger partial charge < -0.3 is 0 Å². The fourth-order valence-electron chi connectivity index (χ4n) is 1.85. The van der Waals surface area contributed by atoms with Gasteiger partial charge in [0.2, 0.25) is 0 Å². The average Bonchev–Trinajstić information content (AvgIpc) is 2.72. The maximum Gasteiger partial charge on any atom is 0.0725 e. The molecule has 0 aromatic carbocycles. The van der Waals surface area contributed by atoms with Crippen molar-refractivity contribution in [1.29, 1.82) is 0 Å². The summed E-state index contributed by atoms with van der Waals surface area (Å²) < 4.78 is 2.07. The van der Waals surface area contributed by atoms with Crippen LogP contribution in [0.4, 0.5) is 0 Å². The molecule has 1 aromatic rings. The Hall–Kier alpha value is -1.12. The Morgan fingerprint density at radius 3 is 2.82 bits per heavy atom. The van der Waals surface area contributed by atoms with Crippen LogP contribution in [0.15, 0.2) is 17.8 Å². The molecule has 0 amide bonds. The fraction of sp³-hybridized carbons (Fsp3) is 0.714. The maximum absolute atomic E-state index is 4.15. The van der Waals surface area contributed by atoms with Crippen LogP contribution in [0.25, 0.3) is 0 Å². The first-order chi connectivity index (χ1) is 8.24. The van der Waals surface area contributed by atoms with Crippen LogP contribution < -0.4 is 0 Å². The highest BCUT2D eigenvalue weighted by Gasteiger charge is 2.02. The molecule has 0 aliphatic heterocycles. The van der Waals surface area contributed by atoms with Gasteiger partial charge in [-0.1, -0.05) is 36.6 Å². The Balaban J connectivity index is 2.32. The lowest BCUT2D eigenvalue weighted by atomic mass is 10.1. The number of rotatable bonds is 8. The lowest BCUT2D eigenvalue weighted by molar-refractivity contribution is 0.517. The number of nitrogens with zero attached hydrogens (tertiary/aromatic N) is 3. The topological polar surface area (TPSA) is 30.7 Å². The van der Waals surface area contributed by atoms with Gasteiger partial charge in [0.05, 0.1) is 11.9 Å². The van der Waals surface area contributed by atoms with E-state index in [4.69, 9.17) is 0 Å². The third-order valence-electron chi connectivity index (χ3n) is 2.86. The summed E-state index contributed by atoms with van der Waals surface area (Å²) in [6.07, 6.45) is 11.4. The van der Waals surface area contributed by atoms with Crippen LogP contribution in [-0.2, 0) is 13.0 Å². The monoisotopic (exact) mass is 235 g/mol. The van der Waals surface area contributed by atoms with E-state index in [2.05, 4.69) is 41.8 Å². The summed E-state index contributed by atoms with van der Waals surface area (Å²) in [5, 5.41) is 8.17. The van der Waals surface area contributed by atoms with Crippen molar-refractivity contribution in [2.24, 2.45) is 0 Å². The Morgan fingerprint density at radius 2 is 2.12 bits per heavy atom. The van der Waals surface area contributed by atoms with Crippen molar-refractivity contribution in [3.8, 4) is 0 Å². The zero-order chi connectivity index (χ0) is 12.5. The minimum absolute atomic E-state index is 1.02. The van der Waals surface area contributed by atoms with Crippen molar-refractivity contribution < 1.29 is 0 Å². The van der Waals surface area contributed by atoms with E-state index in [1.165, 1.54) is 37.0 Å². The van der Waals surface area contributed by atoms with Crippen LogP contribution in [0, 0.1) is 0 Å². The third-order valence-corrected chi connectivity index (χ3v) is 2.86. The molecule has 1 rings (SSSR count). The molecule has 96 valence electrons. The lowest BCUT2D eigenvalue weighted by Crippen LogP contribution is -2.05. The summed E-state index contributed by atoms with van der Waals surface area (Å²) in [5.41, 5.74) is 2.68. The molecule has 0 fully saturated rings. The van der Waals surface area contributed by atoms with Crippen molar-refractivity contribution in [2.45, 2.75) is 65.8 Å². The second-order valence-electron chi connectivity index (χ2n) is 4.83. The quantitative estimate of drug-likeness (QED) is 0.507. The summed E-state index contributed by atoms with van der Waals surface area (Å²) >= 11 is 0. The predicted molar refractivity (Wildman–Crippen MR) is 71.9 cm³/mol. The molecular formula is C14H25N3. The van der Waals surface area contributed by atoms with Gasteiger partial charge in [-0.3, -0.25) is 0 Å². The molecule has 3 nitrogen and oxygen atoms in total. The minimum Gasteiger partial charge on any atom is -0.249 e. The van der Waals surface area contributed by atoms with Crippen molar-refractivity contribution in [3.63, 3.8) is 0 Å². The molecule has 0 aliphatic carbocycles. The van der Waals surface area contributed by atoms with Crippen LogP contribution in [0.5, 0.6) is 0 Å². The Labute approximate surface area is 105 Å². The molecule has 0 bridgehead atoms. The molecule has 0 aliphatic rings. The third kappa shape index (κ3) is 5.66. The Kier molecular flexibility index (Phi) is 6.60. The standard InChI is InChI=1S/C14H25N3/c1-4-5-8-11-17-14(12-15-16-17)10-7-6-9-13(2)3/h9,12H,4-8,10-11H2,1-3H3. The SMILES string of the molecule is CCCCCn1nncc1CCCC=C(C)C. The van der Waals surface area contributed by atoms with Crippen molar-refractivity contribution in [1.82, 2.24) is 15.0 Å². The smallest absolute Gasteiger partial charge is 0.0725 e. The predicted octanol–water partition coefficient (Wildman–Crippen LogP) is 3.76. The highest BCUT2D eigenvalue weighted by molar-refractivity contribution is 4.97. The van der Waals surface area contributed by atoms with Crippen molar-refractivity contribution >= 4 is 0 Å². The molecule has 1 heterocycles. The first-order valence-corrected chi connectivity index (χ1v) is 6.74. The van der Waals surface area contributed by atoms with Gasteiger partial charge in [0.25, 0.3) is 0 Å². The van der Waals surface area contributed by atoms with Crippen molar-refractivity contribution in [3.05, 3.63) is 23.5 Å². The molecule has 1 aromatic heterocycles. The van der Waals surface area contributed by atoms with E-state index < -0.39 is 0 Å². The zero-order valence-corrected chi connectivity index (χ0v) is 11.4. The molecule has 0 N–H and O–H groups in total. The second kappa shape index (κ2) is 8.04. The highest BCUT2D eigenvalue weighted by atomic mass is 15.4. The first-order valence-electron chi connectivity index (χ1n) is 6.74. The molecular weight excluding hydrogens is 210 g/mol. The van der Waals surface area contributed by atoms with Crippen molar-refractivity contribution in [2.75, 3.05) is 0 Å². The second-order valence-corrected chi connectivity index (χ2v) is 4.83. The number of unbranched alkanes of at least 4 members (excludes halogenated alkanes) is 3. The molecule has 0 spiro atoms. The molecule has 0 atom stereocenters. The van der Waals surface area contributed by atoms with Crippen LogP contribution in [0.1, 0.15) is 58.6 Å². The van der Waals surface area contributed by atoms with E-state index in [0.29, 0.717) is 0 Å². The Morgan fingerprint density at radius 1 is 1.29 bits per heavy atom. The molecule has 17 heavy (non-hydrogen) atoms. The highest BCUT2D eigenvalue weighted by Crippen LogP contribution is 2.07. The molecule has 0 saturated heterocycles. The minimum atomic E-state index is 1.02. The van der Waals surface area contributed by atoms with E-state index in [1.54, 1.807) is 0 Å². The van der Waals surface area contributed by atoms with Gasteiger partial charge >= 0.3 is 0 Å². The number of hydrogen-bond donors (Lipinski definition) is 0. The van der Waals surface area contributed by atoms with Crippen LogP contribution >= 0.6 is 0 Å². The van der Waals surface area contributed by atoms with Crippen LogP contribution in [0.3, 0.4) is 0 Å². The summed E-state index contributed by atoms with van der Waals surface area (Å²) in [6, 6.07) is 0. The first kappa shape index (κ1) is 13.9. The van der Waals surface area contributed by atoms with Gasteiger partial charge in [0.1, 0.15) is 0 Å². The summed E-state index contributed by atoms with van der Waals surface area (Å²) in [7, 11) is 0. The number of allylic oxidation sites excluding steroid dienone is 2. The van der Waals surface area contributed by atoms with E-state index in [9.17, 15) is 0 Å². The molecule has 3 heteroatoms. The summed E-state index contributed by atoms with van der Waals surface area (Å²) in [6.45, 7) is 7.54. The maximum atomic E-state index is 4.15. The number of aryl methyl sites for hydroxylation is 2. The number of aromatic nitrogens is 3. The van der Waals surface area contributed by atoms with Gasteiger partial charge in [-0.05, 0) is 39.5 Å². The van der Waals surface area contributed by atoms with Crippen LogP contribution in [0.2, 0.25) is 0 Å². The Bertz CT molecular complexity index is 335. The van der Waals surface area contributed by atoms with Gasteiger partial charge in [0.15, 0.2) is 0 Å². The van der Waals surface area contributed by atoms with Gasteiger partial charge in [-0.2, -0.15) is 0 Å². The van der Waals surface area contributed by atoms with Gasteiger partial charge in [-0.15, -0.1) is 5.10 Å². The van der Waals surface area contributed by atoms with Crippen LogP contribution in [-0.4, -0.2) is 15.0 Å². The van der Waals surface area contributed by atoms with E-state index >= 15 is 0 Å². The van der Waals surface area contributed by atoms with Gasteiger partial charge in [-0.25, -0.2) is 4.68 Å². The fourth-order valence-corrected chi connectivity index (χ4v) is 1.85. The van der Waals surface area contributed by atoms with E-state index in [1.807, 2.05) is 6.20 Å². The van der Waals surface area contributed by atoms with E-state index in [-0.39, 0.29) is 0 Å². The normalized spacial score (nSPS) is 10.5. The summed E-state index contributed by atoms with van der Waals surface area (Å²) in [4.78, 5) is 0. The molecule has 0 radical (unpaired) electrons. The number of hydrogen-bond acceptors (Lipinski definition) is 2. The van der Waals surface area contributed by atoms with E-state index in [0.717, 1.165) is 19.4 Å². The lowest BCUT2D eigenvalue weighted by Gasteiger charge is -2.04. The zero-order valence-electron chi connectivity index (χ0n) is 11.4.